The van der Waals surface area contributed by atoms with Gasteiger partial charge in [0.15, 0.2) is 0 Å². The molecule has 0 atom stereocenters. The van der Waals surface area contributed by atoms with Gasteiger partial charge < -0.3 is 4.90 Å². The lowest BCUT2D eigenvalue weighted by Crippen LogP contribution is -2.26. The molecule has 0 aliphatic rings. The van der Waals surface area contributed by atoms with E-state index in [9.17, 15) is 0 Å². The van der Waals surface area contributed by atoms with Crippen molar-refractivity contribution in [1.29, 1.82) is 0 Å². The molecule has 0 aromatic carbocycles. The van der Waals surface area contributed by atoms with Crippen LogP contribution in [0.2, 0.25) is 6.55 Å². The molecule has 0 N–H and O–H groups in total. The van der Waals surface area contributed by atoms with Gasteiger partial charge in [-0.3, -0.25) is 0 Å². The molecule has 0 aromatic rings. The first-order chi connectivity index (χ1) is 3.85. The molecule has 0 aliphatic carbocycles. The number of nitrogens with zero attached hydrogens (tertiary/aromatic N) is 1. The highest BCUT2D eigenvalue weighted by molar-refractivity contribution is 6.33. The van der Waals surface area contributed by atoms with E-state index >= 15 is 0 Å². The third-order valence-corrected chi connectivity index (χ3v) is 2.51. The second-order valence-corrected chi connectivity index (χ2v) is 3.47. The van der Waals surface area contributed by atoms with E-state index in [1.165, 1.54) is 19.3 Å². The Morgan fingerprint density at radius 2 is 1.75 bits per heavy atom. The van der Waals surface area contributed by atoms with Gasteiger partial charge in [0.2, 0.25) is 0 Å². The summed E-state index contributed by atoms with van der Waals surface area (Å²) >= 11 is 0. The summed E-state index contributed by atoms with van der Waals surface area (Å²) in [6, 6.07) is 0. The van der Waals surface area contributed by atoms with Gasteiger partial charge in [0, 0.05) is 9.52 Å². The Balaban J connectivity index is 3.07. The number of rotatable bonds is 4. The van der Waals surface area contributed by atoms with Crippen LogP contribution in [-0.2, 0) is 0 Å². The van der Waals surface area contributed by atoms with Crippen molar-refractivity contribution in [2.45, 2.75) is 20.4 Å². The van der Waals surface area contributed by atoms with Crippen molar-refractivity contribution in [3.8, 4) is 0 Å². The van der Waals surface area contributed by atoms with Gasteiger partial charge >= 0.3 is 0 Å². The second kappa shape index (κ2) is 5.32. The van der Waals surface area contributed by atoms with Crippen LogP contribution in [0.4, 0.5) is 0 Å². The van der Waals surface area contributed by atoms with Gasteiger partial charge in [-0.25, -0.2) is 0 Å². The molecule has 0 aromatic heterocycles. The smallest absolute Gasteiger partial charge is 0.0338 e. The zero-order valence-corrected chi connectivity index (χ0v) is 7.69. The molecule has 0 radical (unpaired) electrons. The van der Waals surface area contributed by atoms with Gasteiger partial charge in [-0.15, -0.1) is 0 Å². The van der Waals surface area contributed by atoms with Crippen molar-refractivity contribution in [2.24, 2.45) is 0 Å². The predicted molar refractivity (Wildman–Crippen MR) is 42.2 cm³/mol. The molecule has 2 heteroatoms. The zero-order chi connectivity index (χ0) is 6.41. The minimum Gasteiger partial charge on any atom is -0.307 e. The van der Waals surface area contributed by atoms with Gasteiger partial charge in [0.1, 0.15) is 0 Å². The Morgan fingerprint density at radius 3 is 1.88 bits per heavy atom. The van der Waals surface area contributed by atoms with E-state index in [2.05, 4.69) is 25.3 Å². The standard InChI is InChI=1S/C6H17NSi/c1-4-7(5-2)6-8-3/h4-6,8H2,1-3H3. The van der Waals surface area contributed by atoms with Crippen molar-refractivity contribution in [2.75, 3.05) is 19.3 Å². The normalized spacial score (nSPS) is 12.0. The van der Waals surface area contributed by atoms with Crippen LogP contribution in [0.25, 0.3) is 0 Å². The van der Waals surface area contributed by atoms with E-state index in [0.717, 1.165) is 0 Å². The maximum atomic E-state index is 2.49. The van der Waals surface area contributed by atoms with E-state index in [4.69, 9.17) is 0 Å². The third kappa shape index (κ3) is 3.21. The van der Waals surface area contributed by atoms with Crippen LogP contribution in [0.1, 0.15) is 13.8 Å². The molecule has 0 heterocycles. The third-order valence-electron chi connectivity index (χ3n) is 1.43. The van der Waals surface area contributed by atoms with Crippen molar-refractivity contribution >= 4 is 9.52 Å². The van der Waals surface area contributed by atoms with Gasteiger partial charge in [-0.2, -0.15) is 0 Å². The Morgan fingerprint density at radius 1 is 1.25 bits per heavy atom. The van der Waals surface area contributed by atoms with Crippen LogP contribution in [0.5, 0.6) is 0 Å². The molecule has 0 rings (SSSR count). The Labute approximate surface area is 54.9 Å². The first kappa shape index (κ1) is 8.18. The maximum Gasteiger partial charge on any atom is 0.0338 e. The summed E-state index contributed by atoms with van der Waals surface area (Å²) in [5.74, 6) is 0. The molecule has 0 fully saturated rings. The van der Waals surface area contributed by atoms with E-state index < -0.39 is 0 Å². The lowest BCUT2D eigenvalue weighted by atomic mass is 10.6. The summed E-state index contributed by atoms with van der Waals surface area (Å²) in [5, 5.41) is 0. The zero-order valence-electron chi connectivity index (χ0n) is 6.28. The summed E-state index contributed by atoms with van der Waals surface area (Å²) < 4.78 is 0. The number of hydrogen-bond donors (Lipinski definition) is 0. The fourth-order valence-corrected chi connectivity index (χ4v) is 2.12. The Bertz CT molecular complexity index is 43.8. The highest BCUT2D eigenvalue weighted by Gasteiger charge is 1.93. The largest absolute Gasteiger partial charge is 0.307 e. The maximum absolute atomic E-state index is 2.49. The van der Waals surface area contributed by atoms with Crippen LogP contribution in [-0.4, -0.2) is 33.7 Å². The summed E-state index contributed by atoms with van der Waals surface area (Å²) in [6.45, 7) is 9.29. The molecule has 8 heavy (non-hydrogen) atoms. The minimum absolute atomic E-state index is 0.270. The van der Waals surface area contributed by atoms with Gasteiger partial charge in [0.05, 0.1) is 0 Å². The SMILES string of the molecule is CCN(CC)C[SiH2]C. The monoisotopic (exact) mass is 131 g/mol. The van der Waals surface area contributed by atoms with Crippen molar-refractivity contribution in [3.05, 3.63) is 0 Å². The molecule has 1 nitrogen and oxygen atoms in total. The molecule has 0 bridgehead atoms. The summed E-state index contributed by atoms with van der Waals surface area (Å²) in [6.07, 6.45) is 1.40. The van der Waals surface area contributed by atoms with E-state index in [1.807, 2.05) is 0 Å². The molecular weight excluding hydrogens is 114 g/mol. The summed E-state index contributed by atoms with van der Waals surface area (Å²) in [7, 11) is 0.270. The molecule has 0 spiro atoms. The highest BCUT2D eigenvalue weighted by Crippen LogP contribution is 1.82. The number of hydrogen-bond acceptors (Lipinski definition) is 1. The average molecular weight is 131 g/mol. The van der Waals surface area contributed by atoms with E-state index in [1.54, 1.807) is 0 Å². The second-order valence-electron chi connectivity index (χ2n) is 2.03. The fraction of sp³-hybridized carbons (Fsp3) is 1.00. The van der Waals surface area contributed by atoms with Crippen LogP contribution < -0.4 is 0 Å². The summed E-state index contributed by atoms with van der Waals surface area (Å²) in [4.78, 5) is 2.49. The fourth-order valence-electron chi connectivity index (χ4n) is 0.856. The molecule has 0 amide bonds. The Kier molecular flexibility index (Phi) is 5.43. The molecule has 0 saturated carbocycles. The average Bonchev–Trinajstić information content (AvgIpc) is 1.83. The van der Waals surface area contributed by atoms with Crippen LogP contribution in [0.3, 0.4) is 0 Å². The predicted octanol–water partition coefficient (Wildman–Crippen LogP) is 0.503. The van der Waals surface area contributed by atoms with Gasteiger partial charge in [-0.05, 0) is 19.3 Å². The molecule has 0 unspecified atom stereocenters. The topological polar surface area (TPSA) is 3.24 Å². The highest BCUT2D eigenvalue weighted by atomic mass is 28.2. The van der Waals surface area contributed by atoms with E-state index in [0.29, 0.717) is 0 Å². The lowest BCUT2D eigenvalue weighted by Gasteiger charge is -2.15. The van der Waals surface area contributed by atoms with Crippen molar-refractivity contribution in [1.82, 2.24) is 4.90 Å². The molecule has 50 valence electrons. The quantitative estimate of drug-likeness (QED) is 0.502. The van der Waals surface area contributed by atoms with Gasteiger partial charge in [-0.1, -0.05) is 20.4 Å². The first-order valence-corrected chi connectivity index (χ1v) is 5.98. The summed E-state index contributed by atoms with van der Waals surface area (Å²) in [5.41, 5.74) is 0. The van der Waals surface area contributed by atoms with Crippen molar-refractivity contribution < 1.29 is 0 Å². The van der Waals surface area contributed by atoms with Gasteiger partial charge in [0.25, 0.3) is 0 Å². The van der Waals surface area contributed by atoms with Crippen LogP contribution in [0.15, 0.2) is 0 Å². The van der Waals surface area contributed by atoms with Crippen LogP contribution >= 0.6 is 0 Å². The minimum atomic E-state index is 0.270. The van der Waals surface area contributed by atoms with Crippen LogP contribution in [0, 0.1) is 0 Å². The lowest BCUT2D eigenvalue weighted by molar-refractivity contribution is 0.353. The molecule has 0 saturated heterocycles. The Hall–Kier alpha value is 0.177. The van der Waals surface area contributed by atoms with E-state index in [-0.39, 0.29) is 9.52 Å². The van der Waals surface area contributed by atoms with Crippen molar-refractivity contribution in [3.63, 3.8) is 0 Å². The first-order valence-electron chi connectivity index (χ1n) is 3.57. The molecule has 0 aliphatic heterocycles. The molecular formula is C6H17NSi.